The quantitative estimate of drug-likeness (QED) is 0.882. The third-order valence-corrected chi connectivity index (χ3v) is 2.28. The van der Waals surface area contributed by atoms with Gasteiger partial charge in [-0.1, -0.05) is 23.7 Å². The molecule has 0 saturated heterocycles. The fourth-order valence-electron chi connectivity index (χ4n) is 1.37. The van der Waals surface area contributed by atoms with Gasteiger partial charge < -0.3 is 9.67 Å². The lowest BCUT2D eigenvalue weighted by Gasteiger charge is -2.04. The van der Waals surface area contributed by atoms with Gasteiger partial charge in [-0.25, -0.2) is 4.79 Å². The van der Waals surface area contributed by atoms with Crippen LogP contribution in [0.15, 0.2) is 30.6 Å². The van der Waals surface area contributed by atoms with Crippen LogP contribution < -0.4 is 0 Å². The summed E-state index contributed by atoms with van der Waals surface area (Å²) >= 11 is 5.83. The molecule has 2 aromatic rings. The van der Waals surface area contributed by atoms with Crippen LogP contribution in [0.25, 0.3) is 0 Å². The van der Waals surface area contributed by atoms with Crippen molar-refractivity contribution in [1.29, 1.82) is 0 Å². The number of aromatic carboxylic acids is 1. The highest BCUT2D eigenvalue weighted by molar-refractivity contribution is 6.30. The van der Waals surface area contributed by atoms with Gasteiger partial charge in [-0.2, -0.15) is 0 Å². The van der Waals surface area contributed by atoms with Crippen molar-refractivity contribution in [2.24, 2.45) is 0 Å². The molecule has 1 aromatic carbocycles. The molecule has 0 aliphatic carbocycles. The van der Waals surface area contributed by atoms with Crippen LogP contribution in [-0.4, -0.2) is 25.8 Å². The minimum Gasteiger partial charge on any atom is -0.475 e. The summed E-state index contributed by atoms with van der Waals surface area (Å²) in [7, 11) is 0. The Balaban J connectivity index is 2.27. The maximum absolute atomic E-state index is 10.8. The highest BCUT2D eigenvalue weighted by Gasteiger charge is 2.11. The fourth-order valence-corrected chi connectivity index (χ4v) is 1.58. The molecule has 0 amide bonds. The van der Waals surface area contributed by atoms with Crippen LogP contribution in [0.4, 0.5) is 0 Å². The van der Waals surface area contributed by atoms with Crippen LogP contribution in [-0.2, 0) is 6.54 Å². The zero-order valence-electron chi connectivity index (χ0n) is 8.17. The maximum Gasteiger partial charge on any atom is 0.374 e. The summed E-state index contributed by atoms with van der Waals surface area (Å²) < 4.78 is 1.45. The predicted molar refractivity (Wildman–Crippen MR) is 57.5 cm³/mol. The molecule has 0 spiro atoms. The van der Waals surface area contributed by atoms with E-state index in [0.717, 1.165) is 5.56 Å². The van der Waals surface area contributed by atoms with Crippen molar-refractivity contribution in [3.8, 4) is 0 Å². The molecule has 16 heavy (non-hydrogen) atoms. The van der Waals surface area contributed by atoms with Gasteiger partial charge in [0, 0.05) is 5.02 Å². The number of rotatable bonds is 3. The van der Waals surface area contributed by atoms with E-state index in [1.165, 1.54) is 10.9 Å². The molecule has 6 heteroatoms. The Morgan fingerprint density at radius 2 is 2.31 bits per heavy atom. The van der Waals surface area contributed by atoms with Crippen LogP contribution in [0.1, 0.15) is 16.2 Å². The van der Waals surface area contributed by atoms with Crippen molar-refractivity contribution < 1.29 is 9.90 Å². The number of carbonyl (C=O) groups is 1. The second kappa shape index (κ2) is 4.32. The lowest BCUT2D eigenvalue weighted by molar-refractivity contribution is 0.0678. The number of benzene rings is 1. The normalized spacial score (nSPS) is 10.3. The van der Waals surface area contributed by atoms with E-state index in [1.807, 2.05) is 12.1 Å². The van der Waals surface area contributed by atoms with Crippen molar-refractivity contribution in [2.75, 3.05) is 0 Å². The average molecular weight is 238 g/mol. The Kier molecular flexibility index (Phi) is 2.87. The topological polar surface area (TPSA) is 68.0 Å². The Bertz CT molecular complexity index is 524. The molecule has 82 valence electrons. The molecule has 1 N–H and O–H groups in total. The number of aromatic nitrogens is 3. The van der Waals surface area contributed by atoms with Crippen LogP contribution in [0, 0.1) is 0 Å². The van der Waals surface area contributed by atoms with Gasteiger partial charge in [0.1, 0.15) is 6.33 Å². The van der Waals surface area contributed by atoms with E-state index in [9.17, 15) is 4.79 Å². The van der Waals surface area contributed by atoms with E-state index in [2.05, 4.69) is 10.2 Å². The summed E-state index contributed by atoms with van der Waals surface area (Å²) in [5, 5.41) is 16.5. The predicted octanol–water partition coefficient (Wildman–Crippen LogP) is 1.68. The van der Waals surface area contributed by atoms with Gasteiger partial charge in [0.05, 0.1) is 6.54 Å². The summed E-state index contributed by atoms with van der Waals surface area (Å²) in [4.78, 5) is 10.8. The number of carboxylic acids is 1. The van der Waals surface area contributed by atoms with E-state index in [1.54, 1.807) is 12.1 Å². The van der Waals surface area contributed by atoms with Crippen LogP contribution >= 0.6 is 11.6 Å². The highest BCUT2D eigenvalue weighted by atomic mass is 35.5. The second-order valence-electron chi connectivity index (χ2n) is 3.22. The van der Waals surface area contributed by atoms with Gasteiger partial charge >= 0.3 is 5.97 Å². The first-order chi connectivity index (χ1) is 7.66. The minimum absolute atomic E-state index is 0.0834. The van der Waals surface area contributed by atoms with Crippen LogP contribution in [0.5, 0.6) is 0 Å². The summed E-state index contributed by atoms with van der Waals surface area (Å²) in [5.74, 6) is -1.18. The van der Waals surface area contributed by atoms with Crippen molar-refractivity contribution >= 4 is 17.6 Å². The van der Waals surface area contributed by atoms with Crippen molar-refractivity contribution in [3.05, 3.63) is 47.0 Å². The van der Waals surface area contributed by atoms with Crippen LogP contribution in [0.3, 0.4) is 0 Å². The van der Waals surface area contributed by atoms with Gasteiger partial charge in [-0.3, -0.25) is 0 Å². The number of hydrogen-bond acceptors (Lipinski definition) is 3. The second-order valence-corrected chi connectivity index (χ2v) is 3.65. The highest BCUT2D eigenvalue weighted by Crippen LogP contribution is 2.12. The number of nitrogens with zero attached hydrogens (tertiary/aromatic N) is 3. The molecule has 2 rings (SSSR count). The van der Waals surface area contributed by atoms with Gasteiger partial charge in [-0.05, 0) is 17.7 Å². The SMILES string of the molecule is O=C(O)c1nncn1Cc1cccc(Cl)c1. The third kappa shape index (κ3) is 2.20. The summed E-state index contributed by atoms with van der Waals surface area (Å²) in [6, 6.07) is 7.20. The summed E-state index contributed by atoms with van der Waals surface area (Å²) in [6.45, 7) is 0.384. The van der Waals surface area contributed by atoms with Gasteiger partial charge in [-0.15, -0.1) is 10.2 Å². The van der Waals surface area contributed by atoms with E-state index in [4.69, 9.17) is 16.7 Å². The largest absolute Gasteiger partial charge is 0.475 e. The van der Waals surface area contributed by atoms with Gasteiger partial charge in [0.15, 0.2) is 0 Å². The Morgan fingerprint density at radius 3 is 3.00 bits per heavy atom. The number of hydrogen-bond donors (Lipinski definition) is 1. The fraction of sp³-hybridized carbons (Fsp3) is 0.100. The molecular formula is C10H8ClN3O2. The van der Waals surface area contributed by atoms with Crippen LogP contribution in [0.2, 0.25) is 5.02 Å². The summed E-state index contributed by atoms with van der Waals surface area (Å²) in [6.07, 6.45) is 1.38. The molecular weight excluding hydrogens is 230 g/mol. The van der Waals surface area contributed by atoms with E-state index >= 15 is 0 Å². The number of halogens is 1. The van der Waals surface area contributed by atoms with E-state index in [-0.39, 0.29) is 5.82 Å². The first kappa shape index (κ1) is 10.6. The lowest BCUT2D eigenvalue weighted by atomic mass is 10.2. The molecule has 0 saturated carbocycles. The average Bonchev–Trinajstić information content (AvgIpc) is 2.66. The van der Waals surface area contributed by atoms with Crippen molar-refractivity contribution in [2.45, 2.75) is 6.54 Å². The van der Waals surface area contributed by atoms with E-state index in [0.29, 0.717) is 11.6 Å². The Hall–Kier alpha value is -1.88. The Labute approximate surface area is 96.3 Å². The molecule has 0 atom stereocenters. The molecule has 0 fully saturated rings. The molecule has 1 heterocycles. The van der Waals surface area contributed by atoms with E-state index < -0.39 is 5.97 Å². The lowest BCUT2D eigenvalue weighted by Crippen LogP contribution is -2.09. The standard InChI is InChI=1S/C10H8ClN3O2/c11-8-3-1-2-7(4-8)5-14-6-12-13-9(14)10(15)16/h1-4,6H,5H2,(H,15,16). The third-order valence-electron chi connectivity index (χ3n) is 2.05. The van der Waals surface area contributed by atoms with Gasteiger partial charge in [0.2, 0.25) is 5.82 Å². The maximum atomic E-state index is 10.8. The molecule has 0 bridgehead atoms. The zero-order valence-corrected chi connectivity index (χ0v) is 8.92. The molecule has 0 aliphatic heterocycles. The molecule has 0 aliphatic rings. The van der Waals surface area contributed by atoms with Crippen molar-refractivity contribution in [1.82, 2.24) is 14.8 Å². The molecule has 0 unspecified atom stereocenters. The smallest absolute Gasteiger partial charge is 0.374 e. The minimum atomic E-state index is -1.10. The molecule has 1 aromatic heterocycles. The summed E-state index contributed by atoms with van der Waals surface area (Å²) in [5.41, 5.74) is 0.898. The first-order valence-electron chi connectivity index (χ1n) is 4.52. The molecule has 0 radical (unpaired) electrons. The van der Waals surface area contributed by atoms with Gasteiger partial charge in [0.25, 0.3) is 0 Å². The Morgan fingerprint density at radius 1 is 1.50 bits per heavy atom. The molecule has 5 nitrogen and oxygen atoms in total. The number of carboxylic acid groups (broad SMARTS) is 1. The van der Waals surface area contributed by atoms with Crippen molar-refractivity contribution in [3.63, 3.8) is 0 Å². The zero-order chi connectivity index (χ0) is 11.5. The first-order valence-corrected chi connectivity index (χ1v) is 4.90. The monoisotopic (exact) mass is 237 g/mol.